The molecule has 9 N–H and O–H groups in total. The van der Waals surface area contributed by atoms with Gasteiger partial charge in [-0.25, -0.2) is 0 Å². The Hall–Kier alpha value is -5.63. The molecule has 0 spiro atoms. The van der Waals surface area contributed by atoms with Crippen molar-refractivity contribution in [3.63, 3.8) is 0 Å². The average Bonchev–Trinajstić information content (AvgIpc) is 3.07. The van der Waals surface area contributed by atoms with Crippen molar-refractivity contribution >= 4 is 11.8 Å². The van der Waals surface area contributed by atoms with Crippen molar-refractivity contribution in [1.29, 1.82) is 0 Å². The first-order valence-corrected chi connectivity index (χ1v) is 16.6. The summed E-state index contributed by atoms with van der Waals surface area (Å²) in [4.78, 5) is 0. The Morgan fingerprint density at radius 1 is 0.620 bits per heavy atom. The predicted octanol–water partition coefficient (Wildman–Crippen LogP) is 5.23. The Morgan fingerprint density at radius 3 is 1.98 bits per heavy atom. The molecule has 5 aromatic carbocycles. The largest absolute Gasteiger partial charge is 0.508 e. The molecule has 0 saturated heterocycles. The first-order valence-electron chi connectivity index (χ1n) is 15.5. The third kappa shape index (κ3) is 4.76. The third-order valence-corrected chi connectivity index (χ3v) is 10.8. The van der Waals surface area contributed by atoms with Crippen molar-refractivity contribution in [2.45, 2.75) is 41.0 Å². The van der Waals surface area contributed by atoms with Crippen LogP contribution >= 0.6 is 11.8 Å². The van der Waals surface area contributed by atoms with Crippen molar-refractivity contribution in [3.05, 3.63) is 118 Å². The predicted molar refractivity (Wildman–Crippen MR) is 178 cm³/mol. The van der Waals surface area contributed by atoms with E-state index in [0.29, 0.717) is 11.3 Å². The van der Waals surface area contributed by atoms with Gasteiger partial charge in [0.1, 0.15) is 46.7 Å². The van der Waals surface area contributed by atoms with Gasteiger partial charge in [-0.1, -0.05) is 36.4 Å². The van der Waals surface area contributed by atoms with Gasteiger partial charge in [0.15, 0.2) is 29.1 Å². The highest BCUT2D eigenvalue weighted by atomic mass is 32.2. The van der Waals surface area contributed by atoms with E-state index in [9.17, 15) is 46.0 Å². The molecule has 6 atom stereocenters. The molecule has 0 unspecified atom stereocenters. The zero-order valence-electron chi connectivity index (χ0n) is 25.8. The lowest BCUT2D eigenvalue weighted by molar-refractivity contribution is -0.219. The first kappa shape index (κ1) is 31.6. The standard InChI is InChI=1S/C37H30O12S/c38-19-12-24(43)28-26(13-19)48-37(18-7-9-21(40)23(42)11-18)36(46)31(28)30-27(49-37)14-25(44)29-34(30)47-33(17-6-8-20(39)22(41)10-17)32(45)35(29)50-15-16-4-2-1-3-5-16/h1-14,31-33,35-36,38-46H,15H2/t31-,32+,33-,35+,36-,37+/m1/s1. The van der Waals surface area contributed by atoms with Crippen LogP contribution in [0.5, 0.6) is 57.5 Å². The molecule has 3 aliphatic rings. The fraction of sp³-hybridized carbons (Fsp3) is 0.189. The Labute approximate surface area is 288 Å². The molecule has 5 aromatic rings. The van der Waals surface area contributed by atoms with Gasteiger partial charge in [-0.3, -0.25) is 0 Å². The van der Waals surface area contributed by atoms with Crippen LogP contribution in [0.3, 0.4) is 0 Å². The maximum Gasteiger partial charge on any atom is 0.305 e. The normalized spacial score (nSPS) is 24.5. The van der Waals surface area contributed by atoms with Gasteiger partial charge in [0.05, 0.1) is 16.7 Å². The zero-order valence-corrected chi connectivity index (χ0v) is 26.7. The maximum atomic E-state index is 12.2. The fourth-order valence-electron chi connectivity index (χ4n) is 7.06. The van der Waals surface area contributed by atoms with Gasteiger partial charge < -0.3 is 60.2 Å². The molecule has 0 amide bonds. The Kier molecular flexibility index (Phi) is 7.26. The summed E-state index contributed by atoms with van der Waals surface area (Å²) in [5.74, 6) is -5.89. The van der Waals surface area contributed by atoms with Gasteiger partial charge in [-0.15, -0.1) is 11.8 Å². The van der Waals surface area contributed by atoms with Crippen molar-refractivity contribution in [3.8, 4) is 57.5 Å². The Morgan fingerprint density at radius 2 is 1.28 bits per heavy atom. The number of ether oxygens (including phenoxy) is 3. The summed E-state index contributed by atoms with van der Waals surface area (Å²) in [7, 11) is 0. The number of fused-ring (bicyclic) bond motifs is 8. The van der Waals surface area contributed by atoms with E-state index in [-0.39, 0.29) is 56.8 Å². The highest BCUT2D eigenvalue weighted by molar-refractivity contribution is 7.98. The summed E-state index contributed by atoms with van der Waals surface area (Å²) in [5.41, 5.74) is 1.73. The Balaban J connectivity index is 1.37. The molecule has 12 nitrogen and oxygen atoms in total. The van der Waals surface area contributed by atoms with E-state index in [1.54, 1.807) is 0 Å². The summed E-state index contributed by atoms with van der Waals surface area (Å²) in [5, 5.41) is 97.4. The minimum Gasteiger partial charge on any atom is -0.508 e. The molecule has 2 bridgehead atoms. The summed E-state index contributed by atoms with van der Waals surface area (Å²) < 4.78 is 19.2. The van der Waals surface area contributed by atoms with Crippen molar-refractivity contribution in [2.24, 2.45) is 0 Å². The summed E-state index contributed by atoms with van der Waals surface area (Å²) in [6, 6.07) is 20.8. The molecule has 3 heterocycles. The second-order valence-corrected chi connectivity index (χ2v) is 13.5. The lowest BCUT2D eigenvalue weighted by Crippen LogP contribution is -2.57. The van der Waals surface area contributed by atoms with E-state index in [1.165, 1.54) is 54.2 Å². The van der Waals surface area contributed by atoms with Crippen LogP contribution in [0.25, 0.3) is 0 Å². The molecule has 0 aliphatic carbocycles. The van der Waals surface area contributed by atoms with Crippen LogP contribution < -0.4 is 14.2 Å². The van der Waals surface area contributed by atoms with Gasteiger partial charge in [-0.2, -0.15) is 0 Å². The van der Waals surface area contributed by atoms with Crippen molar-refractivity contribution in [2.75, 3.05) is 0 Å². The van der Waals surface area contributed by atoms with E-state index >= 15 is 0 Å². The van der Waals surface area contributed by atoms with Crippen LogP contribution in [0.2, 0.25) is 0 Å². The molecule has 0 fully saturated rings. The second-order valence-electron chi connectivity index (χ2n) is 12.4. The number of benzene rings is 5. The SMILES string of the molecule is Oc1cc(O)c2c(c1)O[C@@]1(c3ccc(O)c(O)c3)Oc3cc(O)c4c(c3[C@@H]2[C@H]1O)O[C@H](c1ccc(O)c(O)c1)[C@H](O)[C@H]4SCc1ccccc1. The molecule has 0 radical (unpaired) electrons. The summed E-state index contributed by atoms with van der Waals surface area (Å²) >= 11 is 1.32. The molecule has 0 aromatic heterocycles. The lowest BCUT2D eigenvalue weighted by Gasteiger charge is -2.51. The Bertz CT molecular complexity index is 2160. The van der Waals surface area contributed by atoms with Crippen molar-refractivity contribution < 1.29 is 60.2 Å². The highest BCUT2D eigenvalue weighted by Crippen LogP contribution is 2.64. The fourth-order valence-corrected chi connectivity index (χ4v) is 8.36. The third-order valence-electron chi connectivity index (χ3n) is 9.38. The zero-order chi connectivity index (χ0) is 35.1. The van der Waals surface area contributed by atoms with E-state index in [0.717, 1.165) is 17.7 Å². The molecule has 3 aliphatic heterocycles. The summed E-state index contributed by atoms with van der Waals surface area (Å²) in [6.45, 7) is 0. The number of aliphatic hydroxyl groups excluding tert-OH is 2. The highest BCUT2D eigenvalue weighted by Gasteiger charge is 2.60. The van der Waals surface area contributed by atoms with Crippen molar-refractivity contribution in [1.82, 2.24) is 0 Å². The molecule has 50 heavy (non-hydrogen) atoms. The minimum absolute atomic E-state index is 0.0277. The van der Waals surface area contributed by atoms with Crippen LogP contribution in [-0.2, 0) is 11.5 Å². The van der Waals surface area contributed by atoms with Gasteiger partial charge in [0.25, 0.3) is 0 Å². The van der Waals surface area contributed by atoms with Crippen LogP contribution in [-0.4, -0.2) is 58.2 Å². The number of rotatable bonds is 5. The molecular weight excluding hydrogens is 668 g/mol. The first-order chi connectivity index (χ1) is 24.0. The molecule has 8 rings (SSSR count). The second kappa shape index (κ2) is 11.5. The lowest BCUT2D eigenvalue weighted by atomic mass is 9.74. The van der Waals surface area contributed by atoms with Gasteiger partial charge in [-0.05, 0) is 41.5 Å². The average molecular weight is 699 g/mol. The van der Waals surface area contributed by atoms with E-state index in [2.05, 4.69) is 0 Å². The van der Waals surface area contributed by atoms with Crippen LogP contribution in [0.1, 0.15) is 50.7 Å². The number of phenolic OH excluding ortho intramolecular Hbond substituents is 7. The topological polar surface area (TPSA) is 210 Å². The molecule has 0 saturated carbocycles. The van der Waals surface area contributed by atoms with Crippen LogP contribution in [0, 0.1) is 0 Å². The number of aliphatic hydroxyl groups is 2. The van der Waals surface area contributed by atoms with E-state index in [1.807, 2.05) is 30.3 Å². The van der Waals surface area contributed by atoms with E-state index in [4.69, 9.17) is 14.2 Å². The molecule has 256 valence electrons. The smallest absolute Gasteiger partial charge is 0.305 e. The summed E-state index contributed by atoms with van der Waals surface area (Å²) in [6.07, 6.45) is -4.14. The monoisotopic (exact) mass is 698 g/mol. The number of aromatic hydroxyl groups is 7. The molecule has 13 heteroatoms. The molecular formula is C37H30O12S. The van der Waals surface area contributed by atoms with Gasteiger partial charge in [0.2, 0.25) is 0 Å². The van der Waals surface area contributed by atoms with E-state index < -0.39 is 58.3 Å². The number of hydrogen-bond acceptors (Lipinski definition) is 13. The van der Waals surface area contributed by atoms with Gasteiger partial charge >= 0.3 is 5.79 Å². The minimum atomic E-state index is -2.13. The van der Waals surface area contributed by atoms with Crippen LogP contribution in [0.4, 0.5) is 0 Å². The number of thioether (sulfide) groups is 1. The number of phenols is 7. The number of hydrogen-bond donors (Lipinski definition) is 9. The quantitative estimate of drug-likeness (QED) is 0.108. The maximum absolute atomic E-state index is 12.2. The van der Waals surface area contributed by atoms with Gasteiger partial charge in [0, 0.05) is 40.6 Å². The van der Waals surface area contributed by atoms with Crippen LogP contribution in [0.15, 0.2) is 84.9 Å².